The topological polar surface area (TPSA) is 20.1 Å². The lowest BCUT2D eigenvalue weighted by Gasteiger charge is -2.42. The molecule has 4 atom stereocenters. The summed E-state index contributed by atoms with van der Waals surface area (Å²) in [6, 6.07) is 8.25. The highest BCUT2D eigenvalue weighted by Crippen LogP contribution is 2.52. The molecule has 0 radical (unpaired) electrons. The number of benzene rings is 1. The van der Waals surface area contributed by atoms with E-state index >= 15 is 0 Å². The van der Waals surface area contributed by atoms with Crippen LogP contribution >= 0.6 is 0 Å². The van der Waals surface area contributed by atoms with Gasteiger partial charge in [-0.15, -0.1) is 6.58 Å². The minimum absolute atomic E-state index is 0.102. The molecule has 3 rings (SSSR count). The minimum Gasteiger partial charge on any atom is -0.361 e. The maximum atomic E-state index is 7.87. The molecule has 1 aromatic heterocycles. The van der Waals surface area contributed by atoms with E-state index in [1.807, 2.05) is 12.1 Å². The molecule has 1 fully saturated rings. The summed E-state index contributed by atoms with van der Waals surface area (Å²) in [7, 11) is 0. The maximum Gasteiger partial charge on any atom is 0.239 e. The summed E-state index contributed by atoms with van der Waals surface area (Å²) in [5.41, 5.74) is 3.43. The lowest BCUT2D eigenvalue weighted by Crippen LogP contribution is -2.41. The van der Waals surface area contributed by atoms with Gasteiger partial charge in [0, 0.05) is 17.1 Å². The summed E-state index contributed by atoms with van der Waals surface area (Å²) in [6.45, 7) is 20.4. The predicted octanol–water partition coefficient (Wildman–Crippen LogP) is 5.72. The highest BCUT2D eigenvalue weighted by molar-refractivity contribution is 5.84. The van der Waals surface area contributed by atoms with Gasteiger partial charge in [0.15, 0.2) is 0 Å². The summed E-state index contributed by atoms with van der Waals surface area (Å²) in [6.07, 6.45) is 6.15. The van der Waals surface area contributed by atoms with Crippen molar-refractivity contribution in [2.24, 2.45) is 11.3 Å². The van der Waals surface area contributed by atoms with E-state index in [0.29, 0.717) is 5.92 Å². The second-order valence-electron chi connectivity index (χ2n) is 7.09. The Morgan fingerprint density at radius 3 is 2.83 bits per heavy atom. The van der Waals surface area contributed by atoms with Crippen LogP contribution in [0.25, 0.3) is 15.7 Å². The normalized spacial score (nSPS) is 30.7. The van der Waals surface area contributed by atoms with Gasteiger partial charge >= 0.3 is 0 Å². The maximum absolute atomic E-state index is 7.87. The van der Waals surface area contributed by atoms with Crippen LogP contribution < -0.4 is 0 Å². The zero-order chi connectivity index (χ0) is 16.6. The van der Waals surface area contributed by atoms with Gasteiger partial charge in [0.1, 0.15) is 0 Å². The molecule has 0 aliphatic heterocycles. The van der Waals surface area contributed by atoms with Crippen LogP contribution in [-0.2, 0) is 0 Å². The van der Waals surface area contributed by atoms with Crippen LogP contribution in [0, 0.1) is 17.9 Å². The van der Waals surface area contributed by atoms with Crippen molar-refractivity contribution in [3.63, 3.8) is 0 Å². The number of aromatic nitrogens is 1. The average molecular weight is 304 g/mol. The van der Waals surface area contributed by atoms with Gasteiger partial charge in [-0.1, -0.05) is 36.4 Å². The Balaban J connectivity index is 2.19. The Hall–Kier alpha value is -2.27. The van der Waals surface area contributed by atoms with Gasteiger partial charge in [0.2, 0.25) is 6.04 Å². The first kappa shape index (κ1) is 15.6. The van der Waals surface area contributed by atoms with E-state index in [1.54, 1.807) is 0 Å². The molecule has 0 unspecified atom stereocenters. The fourth-order valence-corrected chi connectivity index (χ4v) is 4.18. The summed E-state index contributed by atoms with van der Waals surface area (Å²) in [4.78, 5) is 7.45. The number of hydrogen-bond acceptors (Lipinski definition) is 0. The van der Waals surface area contributed by atoms with Gasteiger partial charge < -0.3 is 9.83 Å². The molecule has 1 heterocycles. The Bertz CT molecular complexity index is 792. The zero-order valence-corrected chi connectivity index (χ0v) is 14.0. The number of nitrogens with one attached hydrogen (secondary N) is 1. The van der Waals surface area contributed by atoms with Gasteiger partial charge in [-0.05, 0) is 44.2 Å². The van der Waals surface area contributed by atoms with Crippen LogP contribution in [0.5, 0.6) is 0 Å². The summed E-state index contributed by atoms with van der Waals surface area (Å²) in [5, 5.41) is 1.23. The molecule has 2 aromatic rings. The number of rotatable bonds is 3. The van der Waals surface area contributed by atoms with E-state index in [-0.39, 0.29) is 17.4 Å². The van der Waals surface area contributed by atoms with Crippen molar-refractivity contribution in [3.8, 4) is 0 Å². The fraction of sp³-hybridized carbons (Fsp3) is 0.381. The first-order valence-corrected chi connectivity index (χ1v) is 8.23. The Morgan fingerprint density at radius 1 is 1.43 bits per heavy atom. The van der Waals surface area contributed by atoms with Gasteiger partial charge in [-0.3, -0.25) is 0 Å². The molecular formula is C21H24N2. The monoisotopic (exact) mass is 304 g/mol. The zero-order valence-electron chi connectivity index (χ0n) is 14.0. The Labute approximate surface area is 138 Å². The van der Waals surface area contributed by atoms with Crippen molar-refractivity contribution in [2.45, 2.75) is 38.6 Å². The van der Waals surface area contributed by atoms with Crippen molar-refractivity contribution in [1.82, 2.24) is 4.98 Å². The van der Waals surface area contributed by atoms with E-state index in [0.717, 1.165) is 18.4 Å². The highest BCUT2D eigenvalue weighted by atomic mass is 14.8. The number of allylic oxidation sites excluding steroid dienone is 1. The molecule has 1 aliphatic carbocycles. The van der Waals surface area contributed by atoms with E-state index < -0.39 is 0 Å². The molecule has 1 aromatic carbocycles. The fourth-order valence-electron chi connectivity index (χ4n) is 4.18. The highest BCUT2D eigenvalue weighted by Gasteiger charge is 2.51. The molecule has 2 nitrogen and oxygen atoms in total. The SMILES string of the molecule is [C-]#[N+][C@@H]1[C@H](c2c[nH]c3ccccc23)[C@@H](C(=C)C)CC[C@]1(C)C=C. The number of nitrogens with zero attached hydrogens (tertiary/aromatic N) is 1. The number of aromatic amines is 1. The third-order valence-electron chi connectivity index (χ3n) is 5.66. The smallest absolute Gasteiger partial charge is 0.239 e. The molecule has 23 heavy (non-hydrogen) atoms. The molecule has 0 spiro atoms. The van der Waals surface area contributed by atoms with Crippen LogP contribution in [0.1, 0.15) is 38.2 Å². The van der Waals surface area contributed by atoms with Crippen LogP contribution in [0.4, 0.5) is 0 Å². The molecule has 0 amide bonds. The third-order valence-corrected chi connectivity index (χ3v) is 5.66. The third kappa shape index (κ3) is 2.41. The van der Waals surface area contributed by atoms with Crippen molar-refractivity contribution in [1.29, 1.82) is 0 Å². The van der Waals surface area contributed by atoms with Gasteiger partial charge in [0.05, 0.1) is 11.3 Å². The predicted molar refractivity (Wildman–Crippen MR) is 97.3 cm³/mol. The van der Waals surface area contributed by atoms with E-state index in [4.69, 9.17) is 6.57 Å². The van der Waals surface area contributed by atoms with Crippen LogP contribution in [-0.4, -0.2) is 11.0 Å². The Kier molecular flexibility index (Phi) is 3.90. The van der Waals surface area contributed by atoms with E-state index in [2.05, 4.69) is 61.2 Å². The van der Waals surface area contributed by atoms with E-state index in [9.17, 15) is 0 Å². The number of hydrogen-bond donors (Lipinski definition) is 1. The quantitative estimate of drug-likeness (QED) is 0.553. The summed E-state index contributed by atoms with van der Waals surface area (Å²) < 4.78 is 0. The lowest BCUT2D eigenvalue weighted by atomic mass is 9.59. The van der Waals surface area contributed by atoms with Gasteiger partial charge in [-0.25, -0.2) is 6.57 Å². The molecule has 0 saturated heterocycles. The molecule has 2 heteroatoms. The second kappa shape index (κ2) is 5.74. The van der Waals surface area contributed by atoms with Gasteiger partial charge in [-0.2, -0.15) is 0 Å². The van der Waals surface area contributed by atoms with E-state index in [1.165, 1.54) is 16.5 Å². The first-order valence-electron chi connectivity index (χ1n) is 8.23. The van der Waals surface area contributed by atoms with Crippen LogP contribution in [0.15, 0.2) is 55.3 Å². The molecule has 118 valence electrons. The Morgan fingerprint density at radius 2 is 2.17 bits per heavy atom. The molecule has 1 aliphatic rings. The van der Waals surface area contributed by atoms with Crippen LogP contribution in [0.2, 0.25) is 0 Å². The molecule has 0 bridgehead atoms. The second-order valence-corrected chi connectivity index (χ2v) is 7.09. The molecule has 1 N–H and O–H groups in total. The molecular weight excluding hydrogens is 280 g/mol. The van der Waals surface area contributed by atoms with Crippen molar-refractivity contribution in [2.75, 3.05) is 0 Å². The summed E-state index contributed by atoms with van der Waals surface area (Å²) in [5.74, 6) is 0.513. The average Bonchev–Trinajstić information content (AvgIpc) is 2.97. The molecule has 1 saturated carbocycles. The first-order chi connectivity index (χ1) is 11.0. The standard InChI is InChI=1S/C21H24N2/c1-6-21(4)12-11-15(14(2)3)19(20(21)22-5)17-13-23-18-10-8-7-9-16(17)18/h6-10,13,15,19-20,23H,1-2,11-12H2,3-4H3/t15-,19+,20-,21+/m1/s1. The largest absolute Gasteiger partial charge is 0.361 e. The van der Waals surface area contributed by atoms with Crippen molar-refractivity contribution in [3.05, 3.63) is 72.2 Å². The lowest BCUT2D eigenvalue weighted by molar-refractivity contribution is 0.196. The van der Waals surface area contributed by atoms with Gasteiger partial charge in [0.25, 0.3) is 0 Å². The number of H-pyrrole nitrogens is 1. The number of para-hydroxylation sites is 1. The van der Waals surface area contributed by atoms with Crippen LogP contribution in [0.3, 0.4) is 0 Å². The summed E-state index contributed by atoms with van der Waals surface area (Å²) >= 11 is 0. The van der Waals surface area contributed by atoms with Crippen molar-refractivity contribution < 1.29 is 0 Å². The minimum atomic E-state index is -0.142. The number of fused-ring (bicyclic) bond motifs is 1. The van der Waals surface area contributed by atoms with Crippen molar-refractivity contribution >= 4 is 10.9 Å².